The van der Waals surface area contributed by atoms with Gasteiger partial charge in [0.25, 0.3) is 5.56 Å². The van der Waals surface area contributed by atoms with Crippen molar-refractivity contribution in [3.8, 4) is 0 Å². The van der Waals surface area contributed by atoms with Crippen LogP contribution in [-0.4, -0.2) is 40.3 Å². The van der Waals surface area contributed by atoms with Gasteiger partial charge in [-0.1, -0.05) is 0 Å². The molecule has 6 nitrogen and oxygen atoms in total. The lowest BCUT2D eigenvalue weighted by molar-refractivity contribution is 0.117. The third-order valence-electron chi connectivity index (χ3n) is 3.37. The number of aliphatic hydroxyl groups is 1. The van der Waals surface area contributed by atoms with Crippen molar-refractivity contribution < 1.29 is 9.90 Å². The molecule has 2 amide bonds. The summed E-state index contributed by atoms with van der Waals surface area (Å²) in [5.74, 6) is 0.309. The lowest BCUT2D eigenvalue weighted by Gasteiger charge is -2.21. The molecule has 2 rings (SSSR count). The van der Waals surface area contributed by atoms with E-state index in [2.05, 4.69) is 21.2 Å². The quantitative estimate of drug-likeness (QED) is 0.867. The van der Waals surface area contributed by atoms with Crippen LogP contribution in [0.5, 0.6) is 0 Å². The second-order valence-corrected chi connectivity index (χ2v) is 6.12. The third kappa shape index (κ3) is 3.61. The van der Waals surface area contributed by atoms with Crippen molar-refractivity contribution in [3.05, 3.63) is 27.1 Å². The molecule has 0 bridgehead atoms. The first-order valence-corrected chi connectivity index (χ1v) is 7.24. The van der Waals surface area contributed by atoms with Gasteiger partial charge in [-0.2, -0.15) is 0 Å². The number of rotatable bonds is 4. The van der Waals surface area contributed by atoms with Crippen molar-refractivity contribution in [3.63, 3.8) is 0 Å². The van der Waals surface area contributed by atoms with Crippen molar-refractivity contribution >= 4 is 27.6 Å². The largest absolute Gasteiger partial charge is 0.391 e. The first kappa shape index (κ1) is 15.1. The number of hydrogen-bond acceptors (Lipinski definition) is 3. The number of hydrogen-bond donors (Lipinski definition) is 2. The van der Waals surface area contributed by atoms with Gasteiger partial charge in [-0.05, 0) is 40.8 Å². The second-order valence-electron chi connectivity index (χ2n) is 5.20. The summed E-state index contributed by atoms with van der Waals surface area (Å²) < 4.78 is 2.09. The molecule has 1 aromatic rings. The number of nitrogens with one attached hydrogen (secondary N) is 1. The number of aryl methyl sites for hydroxylation is 1. The molecule has 1 unspecified atom stereocenters. The molecule has 0 spiro atoms. The number of amides is 2. The summed E-state index contributed by atoms with van der Waals surface area (Å²) in [5, 5.41) is 12.4. The monoisotopic (exact) mass is 343 g/mol. The van der Waals surface area contributed by atoms with Crippen LogP contribution in [0.1, 0.15) is 12.8 Å². The van der Waals surface area contributed by atoms with Gasteiger partial charge in [0.15, 0.2) is 0 Å². The van der Waals surface area contributed by atoms with Crippen LogP contribution in [0.4, 0.5) is 10.5 Å². The van der Waals surface area contributed by atoms with Gasteiger partial charge in [0.1, 0.15) is 5.69 Å². The van der Waals surface area contributed by atoms with Gasteiger partial charge < -0.3 is 19.9 Å². The molecule has 2 N–H and O–H groups in total. The van der Waals surface area contributed by atoms with Crippen molar-refractivity contribution in [2.24, 2.45) is 13.0 Å². The third-order valence-corrected chi connectivity index (χ3v) is 3.80. The molecule has 0 radical (unpaired) electrons. The average molecular weight is 344 g/mol. The van der Waals surface area contributed by atoms with Crippen LogP contribution in [0.2, 0.25) is 0 Å². The summed E-state index contributed by atoms with van der Waals surface area (Å²) in [6.07, 6.45) is 3.17. The highest BCUT2D eigenvalue weighted by Crippen LogP contribution is 2.32. The fraction of sp³-hybridized carbons (Fsp3) is 0.538. The highest BCUT2D eigenvalue weighted by Gasteiger charge is 2.31. The average Bonchev–Trinajstić information content (AvgIpc) is 3.19. The van der Waals surface area contributed by atoms with Crippen LogP contribution in [0.3, 0.4) is 0 Å². The maximum absolute atomic E-state index is 12.0. The molecule has 1 aromatic heterocycles. The predicted octanol–water partition coefficient (Wildman–Crippen LogP) is 1.38. The SMILES string of the molecule is CN(CC(O)C1CC1)C(=O)Nc1cc(Br)cn(C)c1=O. The number of carbonyl (C=O) groups excluding carboxylic acids is 1. The van der Waals surface area contributed by atoms with Gasteiger partial charge in [0.05, 0.1) is 6.10 Å². The summed E-state index contributed by atoms with van der Waals surface area (Å²) in [6.45, 7) is 0.269. The molecule has 0 aliphatic heterocycles. The minimum Gasteiger partial charge on any atom is -0.391 e. The van der Waals surface area contributed by atoms with Crippen molar-refractivity contribution in [2.75, 3.05) is 18.9 Å². The van der Waals surface area contributed by atoms with E-state index in [1.807, 2.05) is 0 Å². The molecule has 0 aromatic carbocycles. The van der Waals surface area contributed by atoms with E-state index in [-0.39, 0.29) is 17.8 Å². The number of carbonyl (C=O) groups is 1. The summed E-state index contributed by atoms with van der Waals surface area (Å²) in [7, 11) is 3.21. The van der Waals surface area contributed by atoms with E-state index in [0.29, 0.717) is 10.4 Å². The van der Waals surface area contributed by atoms with E-state index < -0.39 is 12.1 Å². The van der Waals surface area contributed by atoms with Crippen LogP contribution in [0, 0.1) is 5.92 Å². The highest BCUT2D eigenvalue weighted by atomic mass is 79.9. The second kappa shape index (κ2) is 5.97. The Morgan fingerprint density at radius 3 is 2.90 bits per heavy atom. The molecule has 0 saturated heterocycles. The molecular weight excluding hydrogens is 326 g/mol. The Balaban J connectivity index is 2.01. The Bertz CT molecular complexity index is 568. The molecule has 20 heavy (non-hydrogen) atoms. The number of anilines is 1. The van der Waals surface area contributed by atoms with Crippen molar-refractivity contribution in [2.45, 2.75) is 18.9 Å². The summed E-state index contributed by atoms with van der Waals surface area (Å²) >= 11 is 3.28. The van der Waals surface area contributed by atoms with Crippen LogP contribution < -0.4 is 10.9 Å². The smallest absolute Gasteiger partial charge is 0.321 e. The van der Waals surface area contributed by atoms with Crippen LogP contribution >= 0.6 is 15.9 Å². The van der Waals surface area contributed by atoms with E-state index in [9.17, 15) is 14.7 Å². The van der Waals surface area contributed by atoms with Crippen LogP contribution in [0.25, 0.3) is 0 Å². The maximum Gasteiger partial charge on any atom is 0.321 e. The zero-order valence-corrected chi connectivity index (χ0v) is 13.1. The number of likely N-dealkylation sites (N-methyl/N-ethyl adjacent to an activating group) is 1. The van der Waals surface area contributed by atoms with Gasteiger partial charge in [-0.25, -0.2) is 4.79 Å². The Hall–Kier alpha value is -1.34. The van der Waals surface area contributed by atoms with Crippen molar-refractivity contribution in [1.29, 1.82) is 0 Å². The lowest BCUT2D eigenvalue weighted by Crippen LogP contribution is -2.39. The Morgan fingerprint density at radius 2 is 2.30 bits per heavy atom. The van der Waals surface area contributed by atoms with Gasteiger partial charge in [-0.15, -0.1) is 0 Å². The van der Waals surface area contributed by atoms with E-state index in [1.165, 1.54) is 9.47 Å². The molecule has 1 heterocycles. The first-order valence-electron chi connectivity index (χ1n) is 6.45. The van der Waals surface area contributed by atoms with Gasteiger partial charge in [0, 0.05) is 31.3 Å². The minimum absolute atomic E-state index is 0.208. The van der Waals surface area contributed by atoms with Crippen molar-refractivity contribution in [1.82, 2.24) is 9.47 Å². The fourth-order valence-electron chi connectivity index (χ4n) is 1.96. The highest BCUT2D eigenvalue weighted by molar-refractivity contribution is 9.10. The van der Waals surface area contributed by atoms with Crippen LogP contribution in [-0.2, 0) is 7.05 Å². The molecule has 7 heteroatoms. The Kier molecular flexibility index (Phi) is 4.49. The standard InChI is InChI=1S/C13H18BrN3O3/c1-16-6-9(14)5-10(12(16)19)15-13(20)17(2)7-11(18)8-3-4-8/h5-6,8,11,18H,3-4,7H2,1-2H3,(H,15,20). The van der Waals surface area contributed by atoms with E-state index in [0.717, 1.165) is 12.8 Å². The topological polar surface area (TPSA) is 74.6 Å². The Labute approximate surface area is 125 Å². The van der Waals surface area contributed by atoms with E-state index in [4.69, 9.17) is 0 Å². The van der Waals surface area contributed by atoms with E-state index in [1.54, 1.807) is 26.4 Å². The molecule has 1 aliphatic rings. The van der Waals surface area contributed by atoms with Crippen LogP contribution in [0.15, 0.2) is 21.5 Å². The number of pyridine rings is 1. The van der Waals surface area contributed by atoms with Gasteiger partial charge in [-0.3, -0.25) is 4.79 Å². The first-order chi connectivity index (χ1) is 9.38. The maximum atomic E-state index is 12.0. The number of halogens is 1. The summed E-state index contributed by atoms with van der Waals surface area (Å²) in [6, 6.07) is 1.16. The lowest BCUT2D eigenvalue weighted by atomic mass is 10.2. The number of aliphatic hydroxyl groups excluding tert-OH is 1. The molecule has 1 fully saturated rings. The normalized spacial score (nSPS) is 15.8. The molecule has 110 valence electrons. The zero-order valence-electron chi connectivity index (χ0n) is 11.5. The molecule has 1 atom stereocenters. The molecule has 1 aliphatic carbocycles. The molecular formula is C13H18BrN3O3. The number of urea groups is 1. The number of nitrogens with zero attached hydrogens (tertiary/aromatic N) is 2. The zero-order chi connectivity index (χ0) is 14.9. The predicted molar refractivity (Wildman–Crippen MR) is 79.8 cm³/mol. The van der Waals surface area contributed by atoms with Gasteiger partial charge in [0.2, 0.25) is 0 Å². The summed E-state index contributed by atoms with van der Waals surface area (Å²) in [4.78, 5) is 25.3. The summed E-state index contributed by atoms with van der Waals surface area (Å²) in [5.41, 5.74) is -0.0719. The molecule has 1 saturated carbocycles. The van der Waals surface area contributed by atoms with Gasteiger partial charge >= 0.3 is 6.03 Å². The number of aromatic nitrogens is 1. The Morgan fingerprint density at radius 1 is 1.65 bits per heavy atom. The minimum atomic E-state index is -0.490. The fourth-order valence-corrected chi connectivity index (χ4v) is 2.50. The van der Waals surface area contributed by atoms with E-state index >= 15 is 0 Å².